The van der Waals surface area contributed by atoms with Gasteiger partial charge in [0.05, 0.1) is 4.90 Å². The first-order valence-corrected chi connectivity index (χ1v) is 10.1. The van der Waals surface area contributed by atoms with Crippen molar-refractivity contribution < 1.29 is 8.42 Å². The molecule has 1 N–H and O–H groups in total. The van der Waals surface area contributed by atoms with E-state index in [4.69, 9.17) is 0 Å². The van der Waals surface area contributed by atoms with E-state index in [2.05, 4.69) is 10.1 Å². The van der Waals surface area contributed by atoms with E-state index in [1.165, 1.54) is 0 Å². The monoisotopic (exact) mass is 360 g/mol. The number of likely N-dealkylation sites (N-methyl/N-ethyl adjacent to an activating group) is 1. The third kappa shape index (κ3) is 3.67. The first kappa shape index (κ1) is 17.1. The molecule has 2 aromatic carbocycles. The van der Waals surface area contributed by atoms with Crippen LogP contribution in [0.2, 0.25) is 0 Å². The molecule has 0 aliphatic carbocycles. The van der Waals surface area contributed by atoms with Gasteiger partial charge in [-0.05, 0) is 59.4 Å². The van der Waals surface area contributed by atoms with Crippen LogP contribution in [-0.4, -0.2) is 34.0 Å². The third-order valence-electron chi connectivity index (χ3n) is 4.05. The fourth-order valence-corrected chi connectivity index (χ4v) is 4.45. The molecule has 0 saturated carbocycles. The van der Waals surface area contributed by atoms with Crippen LogP contribution in [0.3, 0.4) is 0 Å². The molecular formula is C18H20N2O2S2. The molecule has 3 rings (SSSR count). The molecule has 0 spiro atoms. The summed E-state index contributed by atoms with van der Waals surface area (Å²) in [6.45, 7) is 0.332. The average molecular weight is 361 g/mol. The van der Waals surface area contributed by atoms with Crippen molar-refractivity contribution in [3.63, 3.8) is 0 Å². The molecule has 3 aromatic rings. The molecule has 0 amide bonds. The van der Waals surface area contributed by atoms with Crippen LogP contribution in [0.5, 0.6) is 0 Å². The summed E-state index contributed by atoms with van der Waals surface area (Å²) < 4.78 is 28.0. The highest BCUT2D eigenvalue weighted by Gasteiger charge is 2.20. The van der Waals surface area contributed by atoms with Gasteiger partial charge in [-0.25, -0.2) is 13.1 Å². The highest BCUT2D eigenvalue weighted by Crippen LogP contribution is 2.22. The second-order valence-electron chi connectivity index (χ2n) is 5.90. The van der Waals surface area contributed by atoms with Crippen molar-refractivity contribution in [3.8, 4) is 0 Å². The van der Waals surface area contributed by atoms with Crippen molar-refractivity contribution in [2.75, 3.05) is 20.6 Å². The van der Waals surface area contributed by atoms with Crippen molar-refractivity contribution in [1.29, 1.82) is 0 Å². The maximum absolute atomic E-state index is 12.6. The Balaban J connectivity index is 1.82. The number of benzene rings is 2. The summed E-state index contributed by atoms with van der Waals surface area (Å²) >= 11 is 1.61. The largest absolute Gasteiger partial charge is 0.301 e. The molecule has 126 valence electrons. The maximum Gasteiger partial charge on any atom is 0.240 e. The predicted octanol–water partition coefficient (Wildman–Crippen LogP) is 3.48. The van der Waals surface area contributed by atoms with Crippen LogP contribution in [-0.2, 0) is 10.0 Å². The lowest BCUT2D eigenvalue weighted by atomic mass is 10.1. The number of nitrogens with one attached hydrogen (secondary N) is 1. The molecule has 24 heavy (non-hydrogen) atoms. The summed E-state index contributed by atoms with van der Waals surface area (Å²) in [7, 11) is 0.357. The molecule has 1 unspecified atom stereocenters. The van der Waals surface area contributed by atoms with Crippen molar-refractivity contribution in [2.45, 2.75) is 10.9 Å². The fourth-order valence-electron chi connectivity index (χ4n) is 2.67. The smallest absolute Gasteiger partial charge is 0.240 e. The Morgan fingerprint density at radius 1 is 1.08 bits per heavy atom. The SMILES string of the molecule is CN(C)C(CNS(=O)(=O)c1ccc2ccccc2c1)c1ccsc1. The fraction of sp³-hybridized carbons (Fsp3) is 0.222. The summed E-state index contributed by atoms with van der Waals surface area (Å²) in [5.41, 5.74) is 1.12. The molecule has 0 aliphatic heterocycles. The van der Waals surface area contributed by atoms with Gasteiger partial charge in [0.2, 0.25) is 10.0 Å². The number of sulfonamides is 1. The number of fused-ring (bicyclic) bond motifs is 1. The highest BCUT2D eigenvalue weighted by molar-refractivity contribution is 7.89. The number of hydrogen-bond acceptors (Lipinski definition) is 4. The minimum Gasteiger partial charge on any atom is -0.301 e. The van der Waals surface area contributed by atoms with Gasteiger partial charge in [0.1, 0.15) is 0 Å². The minimum absolute atomic E-state index is 0.00600. The zero-order valence-electron chi connectivity index (χ0n) is 13.6. The van der Waals surface area contributed by atoms with E-state index >= 15 is 0 Å². The predicted molar refractivity (Wildman–Crippen MR) is 99.9 cm³/mol. The standard InChI is InChI=1S/C18H20N2O2S2/c1-20(2)18(16-9-10-23-13-16)12-19-24(21,22)17-8-7-14-5-3-4-6-15(14)11-17/h3-11,13,18-19H,12H2,1-2H3. The van der Waals surface area contributed by atoms with E-state index in [0.717, 1.165) is 16.3 Å². The van der Waals surface area contributed by atoms with Crippen LogP contribution in [0, 0.1) is 0 Å². The van der Waals surface area contributed by atoms with E-state index in [-0.39, 0.29) is 6.04 Å². The lowest BCUT2D eigenvalue weighted by Gasteiger charge is -2.24. The van der Waals surface area contributed by atoms with Crippen molar-refractivity contribution in [3.05, 3.63) is 64.9 Å². The van der Waals surface area contributed by atoms with Crippen LogP contribution in [0.1, 0.15) is 11.6 Å². The van der Waals surface area contributed by atoms with E-state index in [9.17, 15) is 8.42 Å². The van der Waals surface area contributed by atoms with Gasteiger partial charge in [-0.2, -0.15) is 11.3 Å². The number of nitrogens with zero attached hydrogens (tertiary/aromatic N) is 1. The number of hydrogen-bond donors (Lipinski definition) is 1. The molecule has 1 atom stereocenters. The lowest BCUT2D eigenvalue weighted by Crippen LogP contribution is -2.34. The Labute approximate surface area is 146 Å². The topological polar surface area (TPSA) is 49.4 Å². The molecule has 0 saturated heterocycles. The van der Waals surface area contributed by atoms with Crippen molar-refractivity contribution in [1.82, 2.24) is 9.62 Å². The third-order valence-corrected chi connectivity index (χ3v) is 6.17. The van der Waals surface area contributed by atoms with Crippen molar-refractivity contribution >= 4 is 32.1 Å². The van der Waals surface area contributed by atoms with E-state index < -0.39 is 10.0 Å². The molecule has 4 nitrogen and oxygen atoms in total. The Bertz CT molecular complexity index is 919. The zero-order chi connectivity index (χ0) is 17.2. The summed E-state index contributed by atoms with van der Waals surface area (Å²) in [5.74, 6) is 0. The first-order chi connectivity index (χ1) is 11.5. The quantitative estimate of drug-likeness (QED) is 0.732. The van der Waals surface area contributed by atoms with Gasteiger partial charge >= 0.3 is 0 Å². The Kier molecular flexibility index (Phi) is 5.01. The second-order valence-corrected chi connectivity index (χ2v) is 8.44. The average Bonchev–Trinajstić information content (AvgIpc) is 3.08. The highest BCUT2D eigenvalue weighted by atomic mass is 32.2. The first-order valence-electron chi connectivity index (χ1n) is 7.64. The van der Waals surface area contributed by atoms with Crippen LogP contribution in [0.4, 0.5) is 0 Å². The van der Waals surface area contributed by atoms with Gasteiger partial charge < -0.3 is 4.90 Å². The van der Waals surface area contributed by atoms with Gasteiger partial charge in [-0.3, -0.25) is 0 Å². The van der Waals surface area contributed by atoms with Gasteiger partial charge in [-0.1, -0.05) is 30.3 Å². The summed E-state index contributed by atoms with van der Waals surface area (Å²) in [5, 5.41) is 6.00. The summed E-state index contributed by atoms with van der Waals surface area (Å²) in [4.78, 5) is 2.31. The van der Waals surface area contributed by atoms with Gasteiger partial charge in [0.15, 0.2) is 0 Å². The Morgan fingerprint density at radius 2 is 1.83 bits per heavy atom. The van der Waals surface area contributed by atoms with E-state index in [1.807, 2.05) is 60.8 Å². The molecular weight excluding hydrogens is 340 g/mol. The molecule has 6 heteroatoms. The lowest BCUT2D eigenvalue weighted by molar-refractivity contribution is 0.300. The van der Waals surface area contributed by atoms with Gasteiger partial charge in [-0.15, -0.1) is 0 Å². The molecule has 1 heterocycles. The zero-order valence-corrected chi connectivity index (χ0v) is 15.3. The normalized spacial score (nSPS) is 13.5. The molecule has 0 fully saturated rings. The summed E-state index contributed by atoms with van der Waals surface area (Å²) in [6, 6.07) is 15.0. The van der Waals surface area contributed by atoms with Gasteiger partial charge in [0.25, 0.3) is 0 Å². The van der Waals surface area contributed by atoms with E-state index in [0.29, 0.717) is 11.4 Å². The van der Waals surface area contributed by atoms with Crippen LogP contribution in [0.15, 0.2) is 64.2 Å². The number of thiophene rings is 1. The van der Waals surface area contributed by atoms with E-state index in [1.54, 1.807) is 23.5 Å². The Hall–Kier alpha value is -1.73. The van der Waals surface area contributed by atoms with Crippen LogP contribution < -0.4 is 4.72 Å². The molecule has 0 radical (unpaired) electrons. The second kappa shape index (κ2) is 7.03. The van der Waals surface area contributed by atoms with Gasteiger partial charge in [0, 0.05) is 12.6 Å². The minimum atomic E-state index is -3.54. The molecule has 0 bridgehead atoms. The maximum atomic E-state index is 12.6. The Morgan fingerprint density at radius 3 is 2.50 bits per heavy atom. The van der Waals surface area contributed by atoms with Crippen molar-refractivity contribution in [2.24, 2.45) is 0 Å². The number of rotatable bonds is 6. The van der Waals surface area contributed by atoms with Crippen LogP contribution in [0.25, 0.3) is 10.8 Å². The molecule has 0 aliphatic rings. The summed E-state index contributed by atoms with van der Waals surface area (Å²) in [6.07, 6.45) is 0. The molecule has 1 aromatic heterocycles. The van der Waals surface area contributed by atoms with Crippen LogP contribution >= 0.6 is 11.3 Å².